The number of carbonyl (C=O) groups excluding carboxylic acids is 1. The molecule has 0 aliphatic carbocycles. The second-order valence-corrected chi connectivity index (χ2v) is 6.03. The molecule has 2 N–H and O–H groups in total. The topological polar surface area (TPSA) is 44.4 Å². The van der Waals surface area contributed by atoms with Gasteiger partial charge in [0.2, 0.25) is 0 Å². The van der Waals surface area contributed by atoms with E-state index in [0.29, 0.717) is 5.02 Å². The number of piperidine rings is 1. The molecule has 2 rings (SSSR count). The van der Waals surface area contributed by atoms with Gasteiger partial charge in [-0.05, 0) is 50.8 Å². The molecule has 0 bridgehead atoms. The van der Waals surface area contributed by atoms with Gasteiger partial charge in [-0.1, -0.05) is 18.5 Å². The van der Waals surface area contributed by atoms with Crippen LogP contribution in [0.3, 0.4) is 0 Å². The molecule has 1 unspecified atom stereocenters. The fourth-order valence-electron chi connectivity index (χ4n) is 2.47. The average Bonchev–Trinajstić information content (AvgIpc) is 2.48. The molecule has 116 valence electrons. The van der Waals surface area contributed by atoms with Gasteiger partial charge >= 0.3 is 6.03 Å². The number of amides is 2. The highest BCUT2D eigenvalue weighted by Crippen LogP contribution is 2.30. The van der Waals surface area contributed by atoms with Crippen molar-refractivity contribution in [2.24, 2.45) is 0 Å². The molecule has 0 saturated carbocycles. The first-order chi connectivity index (χ1) is 10.1. The van der Waals surface area contributed by atoms with Crippen LogP contribution in [0, 0.1) is 0 Å². The molecule has 0 radical (unpaired) electrons. The Morgan fingerprint density at radius 3 is 2.67 bits per heavy atom. The summed E-state index contributed by atoms with van der Waals surface area (Å²) in [6, 6.07) is 5.69. The molecule has 1 aliphatic rings. The number of halogens is 1. The number of nitrogens with one attached hydrogen (secondary N) is 2. The van der Waals surface area contributed by atoms with Gasteiger partial charge in [0.15, 0.2) is 0 Å². The summed E-state index contributed by atoms with van der Waals surface area (Å²) in [4.78, 5) is 14.1. The van der Waals surface area contributed by atoms with Gasteiger partial charge in [0.25, 0.3) is 0 Å². The average molecular weight is 310 g/mol. The van der Waals surface area contributed by atoms with Crippen molar-refractivity contribution in [1.82, 2.24) is 5.32 Å². The van der Waals surface area contributed by atoms with E-state index in [2.05, 4.69) is 15.5 Å². The fourth-order valence-corrected chi connectivity index (χ4v) is 2.77. The van der Waals surface area contributed by atoms with Crippen LogP contribution in [0.1, 0.15) is 39.5 Å². The molecule has 5 heteroatoms. The van der Waals surface area contributed by atoms with E-state index < -0.39 is 0 Å². The van der Waals surface area contributed by atoms with E-state index in [1.807, 2.05) is 32.0 Å². The van der Waals surface area contributed by atoms with Crippen LogP contribution in [-0.4, -0.2) is 25.2 Å². The third-order valence-corrected chi connectivity index (χ3v) is 4.19. The smallest absolute Gasteiger partial charge is 0.319 e. The number of urea groups is 1. The van der Waals surface area contributed by atoms with Crippen molar-refractivity contribution in [1.29, 1.82) is 0 Å². The minimum atomic E-state index is -0.189. The van der Waals surface area contributed by atoms with Crippen molar-refractivity contribution in [2.45, 2.75) is 45.6 Å². The van der Waals surface area contributed by atoms with Crippen LogP contribution in [0.5, 0.6) is 0 Å². The third-order valence-electron chi connectivity index (χ3n) is 3.89. The highest BCUT2D eigenvalue weighted by molar-refractivity contribution is 6.33. The van der Waals surface area contributed by atoms with Crippen LogP contribution in [-0.2, 0) is 0 Å². The molecule has 4 nitrogen and oxygen atoms in total. The Morgan fingerprint density at radius 2 is 2.05 bits per heavy atom. The number of nitrogens with zero attached hydrogens (tertiary/aromatic N) is 1. The van der Waals surface area contributed by atoms with Gasteiger partial charge in [0.1, 0.15) is 0 Å². The molecular weight excluding hydrogens is 286 g/mol. The van der Waals surface area contributed by atoms with Gasteiger partial charge in [-0.3, -0.25) is 0 Å². The van der Waals surface area contributed by atoms with E-state index in [1.54, 1.807) is 0 Å². The molecule has 1 aromatic carbocycles. The summed E-state index contributed by atoms with van der Waals surface area (Å²) in [6.07, 6.45) is 4.63. The summed E-state index contributed by atoms with van der Waals surface area (Å²) in [5.41, 5.74) is 1.78. The number of benzene rings is 1. The van der Waals surface area contributed by atoms with Crippen LogP contribution >= 0.6 is 11.6 Å². The second kappa shape index (κ2) is 7.55. The first kappa shape index (κ1) is 16.0. The van der Waals surface area contributed by atoms with Gasteiger partial charge in [0, 0.05) is 24.8 Å². The summed E-state index contributed by atoms with van der Waals surface area (Å²) in [6.45, 7) is 6.13. The van der Waals surface area contributed by atoms with E-state index in [1.165, 1.54) is 19.3 Å². The predicted octanol–water partition coefficient (Wildman–Crippen LogP) is 4.25. The summed E-state index contributed by atoms with van der Waals surface area (Å²) in [5.74, 6) is 0. The lowest BCUT2D eigenvalue weighted by molar-refractivity contribution is 0.249. The normalized spacial score (nSPS) is 16.4. The number of anilines is 2. The van der Waals surface area contributed by atoms with Crippen molar-refractivity contribution in [3.63, 3.8) is 0 Å². The Bertz CT molecular complexity index is 486. The molecule has 1 saturated heterocycles. The van der Waals surface area contributed by atoms with Crippen LogP contribution in [0.2, 0.25) is 5.02 Å². The first-order valence-electron chi connectivity index (χ1n) is 7.72. The molecule has 0 spiro atoms. The SMILES string of the molecule is CCC(C)NC(=O)Nc1ccc(N2CCCCC2)c(Cl)c1. The number of hydrogen-bond acceptors (Lipinski definition) is 2. The minimum Gasteiger partial charge on any atom is -0.370 e. The quantitative estimate of drug-likeness (QED) is 0.873. The molecule has 1 aromatic rings. The number of hydrogen-bond donors (Lipinski definition) is 2. The van der Waals surface area contributed by atoms with Gasteiger partial charge in [-0.15, -0.1) is 0 Å². The standard InChI is InChI=1S/C16H24ClN3O/c1-3-12(2)18-16(21)19-13-7-8-15(14(17)11-13)20-9-5-4-6-10-20/h7-8,11-12H,3-6,9-10H2,1-2H3,(H2,18,19,21). The maximum atomic E-state index is 11.8. The summed E-state index contributed by atoms with van der Waals surface area (Å²) >= 11 is 6.37. The largest absolute Gasteiger partial charge is 0.370 e. The van der Waals surface area contributed by atoms with Crippen LogP contribution in [0.25, 0.3) is 0 Å². The maximum absolute atomic E-state index is 11.8. The van der Waals surface area contributed by atoms with Crippen molar-refractivity contribution in [3.8, 4) is 0 Å². The zero-order valence-corrected chi connectivity index (χ0v) is 13.5. The van der Waals surface area contributed by atoms with Crippen molar-refractivity contribution in [3.05, 3.63) is 23.2 Å². The van der Waals surface area contributed by atoms with Crippen LogP contribution < -0.4 is 15.5 Å². The molecule has 0 aromatic heterocycles. The lowest BCUT2D eigenvalue weighted by atomic mass is 10.1. The van der Waals surface area contributed by atoms with Crippen LogP contribution in [0.4, 0.5) is 16.2 Å². The third kappa shape index (κ3) is 4.53. The number of rotatable bonds is 4. The Morgan fingerprint density at radius 1 is 1.33 bits per heavy atom. The van der Waals surface area contributed by atoms with Crippen molar-refractivity contribution >= 4 is 29.0 Å². The van der Waals surface area contributed by atoms with Gasteiger partial charge < -0.3 is 15.5 Å². The summed E-state index contributed by atoms with van der Waals surface area (Å²) < 4.78 is 0. The lowest BCUT2D eigenvalue weighted by Gasteiger charge is -2.29. The van der Waals surface area contributed by atoms with Crippen molar-refractivity contribution < 1.29 is 4.79 Å². The molecule has 1 aliphatic heterocycles. The number of carbonyl (C=O) groups is 1. The second-order valence-electron chi connectivity index (χ2n) is 5.62. The van der Waals surface area contributed by atoms with E-state index in [-0.39, 0.29) is 12.1 Å². The lowest BCUT2D eigenvalue weighted by Crippen LogP contribution is -2.35. The molecule has 1 atom stereocenters. The fraction of sp³-hybridized carbons (Fsp3) is 0.562. The Balaban J connectivity index is 1.99. The first-order valence-corrected chi connectivity index (χ1v) is 8.10. The van der Waals surface area contributed by atoms with E-state index >= 15 is 0 Å². The highest BCUT2D eigenvalue weighted by atomic mass is 35.5. The predicted molar refractivity (Wildman–Crippen MR) is 89.4 cm³/mol. The summed E-state index contributed by atoms with van der Waals surface area (Å²) in [7, 11) is 0. The molecule has 2 amide bonds. The zero-order chi connectivity index (χ0) is 15.2. The minimum absolute atomic E-state index is 0.160. The summed E-state index contributed by atoms with van der Waals surface area (Å²) in [5, 5.41) is 6.39. The van der Waals surface area contributed by atoms with Gasteiger partial charge in [-0.25, -0.2) is 4.79 Å². The van der Waals surface area contributed by atoms with Crippen molar-refractivity contribution in [2.75, 3.05) is 23.3 Å². The Hall–Kier alpha value is -1.42. The molecule has 1 heterocycles. The van der Waals surface area contributed by atoms with E-state index in [4.69, 9.17) is 11.6 Å². The monoisotopic (exact) mass is 309 g/mol. The van der Waals surface area contributed by atoms with Crippen LogP contribution in [0.15, 0.2) is 18.2 Å². The molecular formula is C16H24ClN3O. The van der Waals surface area contributed by atoms with Gasteiger partial charge in [-0.2, -0.15) is 0 Å². The molecule has 21 heavy (non-hydrogen) atoms. The highest BCUT2D eigenvalue weighted by Gasteiger charge is 2.14. The molecule has 1 fully saturated rings. The van der Waals surface area contributed by atoms with E-state index in [9.17, 15) is 4.79 Å². The Kier molecular flexibility index (Phi) is 5.74. The Labute approximate surface area is 131 Å². The zero-order valence-electron chi connectivity index (χ0n) is 12.8. The maximum Gasteiger partial charge on any atom is 0.319 e. The van der Waals surface area contributed by atoms with Gasteiger partial charge in [0.05, 0.1) is 10.7 Å². The van der Waals surface area contributed by atoms with E-state index in [0.717, 1.165) is 30.9 Å².